The van der Waals surface area contributed by atoms with Crippen molar-refractivity contribution in [1.29, 1.82) is 0 Å². The highest BCUT2D eigenvalue weighted by molar-refractivity contribution is 7.80. The van der Waals surface area contributed by atoms with Gasteiger partial charge in [-0.05, 0) is 18.6 Å². The number of thiocarbonyl (C=S) groups is 1. The molecule has 0 aliphatic carbocycles. The van der Waals surface area contributed by atoms with Crippen LogP contribution in [0.4, 0.5) is 5.69 Å². The third-order valence-electron chi connectivity index (χ3n) is 3.48. The summed E-state index contributed by atoms with van der Waals surface area (Å²) >= 11 is 4.84. The molecule has 114 valence electrons. The maximum Gasteiger partial charge on any atom is 0.241 e. The molecule has 0 fully saturated rings. The zero-order valence-corrected chi connectivity index (χ0v) is 13.1. The van der Waals surface area contributed by atoms with Gasteiger partial charge in [0.05, 0.1) is 23.8 Å². The fourth-order valence-corrected chi connectivity index (χ4v) is 2.34. The Morgan fingerprint density at radius 3 is 3.00 bits per heavy atom. The molecule has 0 unspecified atom stereocenters. The van der Waals surface area contributed by atoms with Gasteiger partial charge in [-0.3, -0.25) is 4.79 Å². The van der Waals surface area contributed by atoms with Crippen molar-refractivity contribution >= 4 is 28.8 Å². The van der Waals surface area contributed by atoms with Crippen LogP contribution in [0, 0.1) is 0 Å². The molecule has 0 spiro atoms. The van der Waals surface area contributed by atoms with E-state index in [1.807, 2.05) is 24.3 Å². The number of carbonyl (C=O) groups excluding carboxylic acids is 1. The maximum atomic E-state index is 12.3. The van der Waals surface area contributed by atoms with Crippen LogP contribution in [0.25, 0.3) is 0 Å². The lowest BCUT2D eigenvalue weighted by Gasteiger charge is -2.26. The molecule has 0 saturated carbocycles. The van der Waals surface area contributed by atoms with Gasteiger partial charge in [-0.1, -0.05) is 24.4 Å². The molecule has 0 aromatic heterocycles. The van der Waals surface area contributed by atoms with E-state index < -0.39 is 0 Å². The van der Waals surface area contributed by atoms with Crippen molar-refractivity contribution < 1.29 is 9.53 Å². The van der Waals surface area contributed by atoms with Gasteiger partial charge in [0, 0.05) is 26.6 Å². The number of hydrogen-bond acceptors (Lipinski definition) is 4. The van der Waals surface area contributed by atoms with Gasteiger partial charge in [-0.2, -0.15) is 0 Å². The van der Waals surface area contributed by atoms with Crippen molar-refractivity contribution in [2.24, 2.45) is 5.73 Å². The molecular weight excluding hydrogens is 286 g/mol. The van der Waals surface area contributed by atoms with E-state index in [0.717, 1.165) is 24.4 Å². The van der Waals surface area contributed by atoms with E-state index in [1.54, 1.807) is 11.9 Å². The number of ether oxygens (including phenoxy) is 1. The Labute approximate surface area is 130 Å². The summed E-state index contributed by atoms with van der Waals surface area (Å²) in [5.74, 6) is 0.900. The zero-order chi connectivity index (χ0) is 15.2. The highest BCUT2D eigenvalue weighted by Crippen LogP contribution is 2.30. The normalized spacial score (nSPS) is 13.9. The SMILES string of the molecule is CN(CCC(N)=S)C(=O)CN1CCCOc2ccccc21. The fourth-order valence-electron chi connectivity index (χ4n) is 2.25. The maximum absolute atomic E-state index is 12.3. The van der Waals surface area contributed by atoms with Gasteiger partial charge in [0.2, 0.25) is 5.91 Å². The summed E-state index contributed by atoms with van der Waals surface area (Å²) < 4.78 is 5.70. The van der Waals surface area contributed by atoms with E-state index in [9.17, 15) is 4.79 Å². The molecule has 1 amide bonds. The third-order valence-corrected chi connectivity index (χ3v) is 3.69. The van der Waals surface area contributed by atoms with Crippen LogP contribution in [0.2, 0.25) is 0 Å². The molecule has 1 aromatic carbocycles. The smallest absolute Gasteiger partial charge is 0.241 e. The largest absolute Gasteiger partial charge is 0.491 e. The number of amides is 1. The number of fused-ring (bicyclic) bond motifs is 1. The number of para-hydroxylation sites is 2. The van der Waals surface area contributed by atoms with Crippen molar-refractivity contribution in [3.05, 3.63) is 24.3 Å². The van der Waals surface area contributed by atoms with Crippen LogP contribution >= 0.6 is 12.2 Å². The average molecular weight is 307 g/mol. The standard InChI is InChI=1S/C15H21N3O2S/c1-17(9-7-14(16)21)15(19)11-18-8-4-10-20-13-6-3-2-5-12(13)18/h2-3,5-6H,4,7-11H2,1H3,(H2,16,21). The minimum atomic E-state index is 0.0583. The monoisotopic (exact) mass is 307 g/mol. The molecule has 21 heavy (non-hydrogen) atoms. The molecule has 1 aliphatic rings. The molecule has 0 radical (unpaired) electrons. The Morgan fingerprint density at radius 2 is 2.24 bits per heavy atom. The Morgan fingerprint density at radius 1 is 1.48 bits per heavy atom. The molecular formula is C15H21N3O2S. The quantitative estimate of drug-likeness (QED) is 0.834. The van der Waals surface area contributed by atoms with Crippen LogP contribution < -0.4 is 15.4 Å². The number of anilines is 1. The second-order valence-corrected chi connectivity index (χ2v) is 5.65. The summed E-state index contributed by atoms with van der Waals surface area (Å²) in [5, 5.41) is 0. The highest BCUT2D eigenvalue weighted by atomic mass is 32.1. The predicted molar refractivity (Wildman–Crippen MR) is 87.8 cm³/mol. The molecule has 0 atom stereocenters. The first-order valence-electron chi connectivity index (χ1n) is 7.07. The summed E-state index contributed by atoms with van der Waals surface area (Å²) in [4.78, 5) is 16.5. The first kappa shape index (κ1) is 15.6. The molecule has 1 aromatic rings. The molecule has 1 aliphatic heterocycles. The van der Waals surface area contributed by atoms with Crippen molar-refractivity contribution in [1.82, 2.24) is 4.90 Å². The Kier molecular flexibility index (Phi) is 5.38. The van der Waals surface area contributed by atoms with Crippen LogP contribution in [0.15, 0.2) is 24.3 Å². The van der Waals surface area contributed by atoms with E-state index in [-0.39, 0.29) is 5.91 Å². The lowest BCUT2D eigenvalue weighted by atomic mass is 10.2. The zero-order valence-electron chi connectivity index (χ0n) is 12.2. The van der Waals surface area contributed by atoms with Crippen LogP contribution in [0.3, 0.4) is 0 Å². The molecule has 2 N–H and O–H groups in total. The number of carbonyl (C=O) groups is 1. The second kappa shape index (κ2) is 7.26. The molecule has 0 bridgehead atoms. The van der Waals surface area contributed by atoms with Crippen LogP contribution in [-0.2, 0) is 4.79 Å². The highest BCUT2D eigenvalue weighted by Gasteiger charge is 2.20. The number of rotatable bonds is 5. The molecule has 1 heterocycles. The van der Waals surface area contributed by atoms with Crippen molar-refractivity contribution in [2.45, 2.75) is 12.8 Å². The average Bonchev–Trinajstić information content (AvgIpc) is 2.67. The molecule has 6 heteroatoms. The van der Waals surface area contributed by atoms with Crippen LogP contribution in [0.1, 0.15) is 12.8 Å². The van der Waals surface area contributed by atoms with Crippen molar-refractivity contribution in [3.8, 4) is 5.75 Å². The van der Waals surface area contributed by atoms with Gasteiger partial charge < -0.3 is 20.3 Å². The summed E-state index contributed by atoms with van der Waals surface area (Å²) in [6.45, 7) is 2.39. The minimum Gasteiger partial charge on any atom is -0.491 e. The summed E-state index contributed by atoms with van der Waals surface area (Å²) in [7, 11) is 1.78. The van der Waals surface area contributed by atoms with Gasteiger partial charge >= 0.3 is 0 Å². The number of nitrogens with two attached hydrogens (primary N) is 1. The summed E-state index contributed by atoms with van der Waals surface area (Å²) in [5.41, 5.74) is 6.45. The second-order valence-electron chi connectivity index (χ2n) is 5.12. The molecule has 2 rings (SSSR count). The van der Waals surface area contributed by atoms with E-state index in [1.165, 1.54) is 0 Å². The van der Waals surface area contributed by atoms with E-state index >= 15 is 0 Å². The third kappa shape index (κ3) is 4.32. The van der Waals surface area contributed by atoms with Crippen molar-refractivity contribution in [3.63, 3.8) is 0 Å². The number of likely N-dealkylation sites (N-methyl/N-ethyl adjacent to an activating group) is 1. The number of hydrogen-bond donors (Lipinski definition) is 1. The van der Waals surface area contributed by atoms with Gasteiger partial charge in [0.25, 0.3) is 0 Å². The topological polar surface area (TPSA) is 58.8 Å². The Bertz CT molecular complexity index is 521. The predicted octanol–water partition coefficient (Wildman–Crippen LogP) is 1.41. The van der Waals surface area contributed by atoms with Gasteiger partial charge in [-0.25, -0.2) is 0 Å². The first-order chi connectivity index (χ1) is 10.1. The minimum absolute atomic E-state index is 0.0583. The Hall–Kier alpha value is -1.82. The van der Waals surface area contributed by atoms with E-state index in [0.29, 0.717) is 31.1 Å². The van der Waals surface area contributed by atoms with Gasteiger partial charge in [-0.15, -0.1) is 0 Å². The summed E-state index contributed by atoms with van der Waals surface area (Å²) in [6.07, 6.45) is 1.45. The van der Waals surface area contributed by atoms with Gasteiger partial charge in [0.1, 0.15) is 5.75 Å². The molecule has 0 saturated heterocycles. The van der Waals surface area contributed by atoms with Gasteiger partial charge in [0.15, 0.2) is 0 Å². The molecule has 5 nitrogen and oxygen atoms in total. The van der Waals surface area contributed by atoms with E-state index in [4.69, 9.17) is 22.7 Å². The lowest BCUT2D eigenvalue weighted by molar-refractivity contribution is -0.128. The van der Waals surface area contributed by atoms with Crippen molar-refractivity contribution in [2.75, 3.05) is 38.2 Å². The lowest BCUT2D eigenvalue weighted by Crippen LogP contribution is -2.39. The first-order valence-corrected chi connectivity index (χ1v) is 7.48. The number of nitrogens with zero attached hydrogens (tertiary/aromatic N) is 2. The van der Waals surface area contributed by atoms with Crippen LogP contribution in [0.5, 0.6) is 5.75 Å². The van der Waals surface area contributed by atoms with Crippen LogP contribution in [-0.4, -0.2) is 49.1 Å². The fraction of sp³-hybridized carbons (Fsp3) is 0.467. The van der Waals surface area contributed by atoms with E-state index in [2.05, 4.69) is 4.90 Å². The Balaban J connectivity index is 2.01. The summed E-state index contributed by atoms with van der Waals surface area (Å²) in [6, 6.07) is 7.83. The number of benzene rings is 1.